The lowest BCUT2D eigenvalue weighted by Gasteiger charge is -2.11. The summed E-state index contributed by atoms with van der Waals surface area (Å²) in [4.78, 5) is 16.7. The van der Waals surface area contributed by atoms with Gasteiger partial charge in [-0.1, -0.05) is 6.07 Å². The number of carbonyl (C=O) groups is 1. The van der Waals surface area contributed by atoms with Crippen LogP contribution < -0.4 is 0 Å². The highest BCUT2D eigenvalue weighted by Crippen LogP contribution is 2.38. The topological polar surface area (TPSA) is 57.0 Å². The Kier molecular flexibility index (Phi) is 4.51. The van der Waals surface area contributed by atoms with Crippen LogP contribution in [0.25, 0.3) is 21.6 Å². The van der Waals surface area contributed by atoms with Gasteiger partial charge >= 0.3 is 12.1 Å². The van der Waals surface area contributed by atoms with Crippen molar-refractivity contribution in [3.63, 3.8) is 0 Å². The highest BCUT2D eigenvalue weighted by molar-refractivity contribution is 7.13. The second-order valence-electron chi connectivity index (χ2n) is 5.28. The molecule has 0 amide bonds. The first-order valence-electron chi connectivity index (χ1n) is 7.46. The highest BCUT2D eigenvalue weighted by Gasteiger charge is 2.36. The first-order chi connectivity index (χ1) is 11.8. The molecule has 0 spiro atoms. The van der Waals surface area contributed by atoms with E-state index in [-0.39, 0.29) is 35.6 Å². The number of aryl methyl sites for hydroxylation is 1. The summed E-state index contributed by atoms with van der Waals surface area (Å²) in [6.45, 7) is 3.00. The van der Waals surface area contributed by atoms with Gasteiger partial charge in [-0.3, -0.25) is 4.79 Å². The van der Waals surface area contributed by atoms with Crippen LogP contribution in [-0.4, -0.2) is 27.3 Å². The minimum atomic E-state index is -4.56. The van der Waals surface area contributed by atoms with Gasteiger partial charge in [-0.25, -0.2) is 9.67 Å². The minimum Gasteiger partial charge on any atom is -0.465 e. The van der Waals surface area contributed by atoms with Crippen LogP contribution in [0.2, 0.25) is 0 Å². The van der Waals surface area contributed by atoms with Crippen LogP contribution in [0.3, 0.4) is 0 Å². The molecule has 0 aromatic carbocycles. The van der Waals surface area contributed by atoms with Gasteiger partial charge in [0.1, 0.15) is 6.54 Å². The van der Waals surface area contributed by atoms with Crippen LogP contribution in [0.1, 0.15) is 18.2 Å². The first-order valence-corrected chi connectivity index (χ1v) is 8.34. The molecular weight excluding hydrogens is 355 g/mol. The minimum absolute atomic E-state index is 0.0174. The van der Waals surface area contributed by atoms with E-state index in [1.807, 2.05) is 0 Å². The third-order valence-corrected chi connectivity index (χ3v) is 4.43. The Balaban J connectivity index is 2.23. The van der Waals surface area contributed by atoms with Gasteiger partial charge in [0.15, 0.2) is 5.65 Å². The van der Waals surface area contributed by atoms with Crippen LogP contribution in [0.5, 0.6) is 0 Å². The predicted octanol–water partition coefficient (Wildman–Crippen LogP) is 4.05. The van der Waals surface area contributed by atoms with Gasteiger partial charge in [-0.2, -0.15) is 18.3 Å². The third-order valence-electron chi connectivity index (χ3n) is 3.54. The molecule has 0 saturated heterocycles. The van der Waals surface area contributed by atoms with E-state index in [2.05, 4.69) is 10.1 Å². The molecule has 0 radical (unpaired) electrons. The lowest BCUT2D eigenvalue weighted by Crippen LogP contribution is -2.15. The van der Waals surface area contributed by atoms with E-state index < -0.39 is 17.7 Å². The van der Waals surface area contributed by atoms with E-state index in [1.165, 1.54) is 18.3 Å². The van der Waals surface area contributed by atoms with Crippen molar-refractivity contribution in [3.8, 4) is 10.6 Å². The fourth-order valence-electron chi connectivity index (χ4n) is 2.57. The number of carbonyl (C=O) groups excluding carboxylic acids is 1. The molecule has 9 heteroatoms. The van der Waals surface area contributed by atoms with Crippen molar-refractivity contribution in [2.24, 2.45) is 0 Å². The number of esters is 1. The molecule has 0 aliphatic heterocycles. The molecule has 3 aromatic rings. The number of nitrogens with zero attached hydrogens (tertiary/aromatic N) is 3. The van der Waals surface area contributed by atoms with E-state index in [0.29, 0.717) is 4.88 Å². The van der Waals surface area contributed by atoms with E-state index in [9.17, 15) is 18.0 Å². The molecule has 0 N–H and O–H groups in total. The molecule has 0 aliphatic rings. The third kappa shape index (κ3) is 3.37. The molecule has 3 aromatic heterocycles. The van der Waals surface area contributed by atoms with Crippen LogP contribution in [0, 0.1) is 6.92 Å². The number of rotatable bonds is 4. The molecule has 5 nitrogen and oxygen atoms in total. The number of alkyl halides is 3. The van der Waals surface area contributed by atoms with Gasteiger partial charge in [0, 0.05) is 0 Å². The molecule has 0 aliphatic carbocycles. The van der Waals surface area contributed by atoms with Crippen molar-refractivity contribution in [2.45, 2.75) is 26.6 Å². The van der Waals surface area contributed by atoms with Crippen molar-refractivity contribution >= 4 is 28.3 Å². The Hall–Kier alpha value is -2.42. The SMILES string of the molecule is CCOC(=O)Cn1nc(C)c2c(C(F)(F)F)cc(-c3cccs3)nc21. The molecule has 3 rings (SSSR count). The Morgan fingerprint density at radius 3 is 2.76 bits per heavy atom. The fourth-order valence-corrected chi connectivity index (χ4v) is 3.25. The molecule has 132 valence electrons. The van der Waals surface area contributed by atoms with Crippen LogP contribution in [0.15, 0.2) is 23.6 Å². The van der Waals surface area contributed by atoms with Gasteiger partial charge in [0.2, 0.25) is 0 Å². The fraction of sp³-hybridized carbons (Fsp3) is 0.312. The quantitative estimate of drug-likeness (QED) is 0.651. The van der Waals surface area contributed by atoms with E-state index in [4.69, 9.17) is 4.74 Å². The van der Waals surface area contributed by atoms with Crippen molar-refractivity contribution in [2.75, 3.05) is 6.61 Å². The number of halogens is 3. The lowest BCUT2D eigenvalue weighted by molar-refractivity contribution is -0.144. The number of pyridine rings is 1. The zero-order valence-corrected chi connectivity index (χ0v) is 14.2. The average molecular weight is 369 g/mol. The number of fused-ring (bicyclic) bond motifs is 1. The Morgan fingerprint density at radius 2 is 2.16 bits per heavy atom. The maximum atomic E-state index is 13.6. The maximum absolute atomic E-state index is 13.6. The number of hydrogen-bond donors (Lipinski definition) is 0. The lowest BCUT2D eigenvalue weighted by atomic mass is 10.1. The summed E-state index contributed by atoms with van der Waals surface area (Å²) in [7, 11) is 0. The molecular formula is C16H14F3N3O2S. The van der Waals surface area contributed by atoms with E-state index >= 15 is 0 Å². The van der Waals surface area contributed by atoms with Crippen molar-refractivity contribution in [3.05, 3.63) is 34.8 Å². The van der Waals surface area contributed by atoms with Gasteiger partial charge < -0.3 is 4.74 Å². The largest absolute Gasteiger partial charge is 0.465 e. The smallest absolute Gasteiger partial charge is 0.417 e. The summed E-state index contributed by atoms with van der Waals surface area (Å²) in [5.41, 5.74) is -0.436. The highest BCUT2D eigenvalue weighted by atomic mass is 32.1. The molecule has 0 fully saturated rings. The van der Waals surface area contributed by atoms with Gasteiger partial charge in [0.25, 0.3) is 0 Å². The first kappa shape index (κ1) is 17.4. The van der Waals surface area contributed by atoms with E-state index in [0.717, 1.165) is 10.7 Å². The Morgan fingerprint density at radius 1 is 1.40 bits per heavy atom. The summed E-state index contributed by atoms with van der Waals surface area (Å²) in [6, 6.07) is 4.45. The summed E-state index contributed by atoms with van der Waals surface area (Å²) in [6.07, 6.45) is -4.56. The summed E-state index contributed by atoms with van der Waals surface area (Å²) in [5.74, 6) is -0.580. The number of ether oxygens (including phenoxy) is 1. The number of aromatic nitrogens is 3. The Bertz CT molecular complexity index is 917. The zero-order chi connectivity index (χ0) is 18.2. The Labute approximate surface area is 145 Å². The van der Waals surface area contributed by atoms with Crippen molar-refractivity contribution in [1.29, 1.82) is 0 Å². The number of hydrogen-bond acceptors (Lipinski definition) is 5. The second kappa shape index (κ2) is 6.47. The summed E-state index contributed by atoms with van der Waals surface area (Å²) in [5, 5.41) is 5.72. The molecule has 0 unspecified atom stereocenters. The van der Waals surface area contributed by atoms with Gasteiger partial charge in [-0.05, 0) is 31.4 Å². The standard InChI is InChI=1S/C16H14F3N3O2S/c1-3-24-13(23)8-22-15-14(9(2)21-22)10(16(17,18)19)7-11(20-15)12-5-4-6-25-12/h4-7H,3,8H2,1-2H3. The molecule has 0 saturated carbocycles. The normalized spacial score (nSPS) is 11.9. The maximum Gasteiger partial charge on any atom is 0.417 e. The van der Waals surface area contributed by atoms with Gasteiger partial charge in [-0.15, -0.1) is 11.3 Å². The second-order valence-corrected chi connectivity index (χ2v) is 6.22. The monoisotopic (exact) mass is 369 g/mol. The van der Waals surface area contributed by atoms with Gasteiger partial charge in [0.05, 0.1) is 33.8 Å². The molecule has 25 heavy (non-hydrogen) atoms. The average Bonchev–Trinajstić information content (AvgIpc) is 3.15. The van der Waals surface area contributed by atoms with Crippen LogP contribution in [-0.2, 0) is 22.3 Å². The molecule has 0 bridgehead atoms. The molecule has 0 atom stereocenters. The molecule has 3 heterocycles. The van der Waals surface area contributed by atoms with Crippen LogP contribution >= 0.6 is 11.3 Å². The van der Waals surface area contributed by atoms with Crippen molar-refractivity contribution < 1.29 is 22.7 Å². The zero-order valence-electron chi connectivity index (χ0n) is 13.4. The summed E-state index contributed by atoms with van der Waals surface area (Å²) >= 11 is 1.29. The number of thiophene rings is 1. The predicted molar refractivity (Wildman–Crippen MR) is 87.2 cm³/mol. The van der Waals surface area contributed by atoms with Crippen LogP contribution in [0.4, 0.5) is 13.2 Å². The van der Waals surface area contributed by atoms with Crippen molar-refractivity contribution in [1.82, 2.24) is 14.8 Å². The van der Waals surface area contributed by atoms with E-state index in [1.54, 1.807) is 24.4 Å². The summed E-state index contributed by atoms with van der Waals surface area (Å²) < 4.78 is 46.7.